The molecular weight excluding hydrogens is 244 g/mol. The van der Waals surface area contributed by atoms with Gasteiger partial charge in [0, 0.05) is 19.8 Å². The van der Waals surface area contributed by atoms with Gasteiger partial charge in [-0.1, -0.05) is 6.92 Å². The van der Waals surface area contributed by atoms with Crippen molar-refractivity contribution in [1.82, 2.24) is 20.0 Å². The van der Waals surface area contributed by atoms with Crippen LogP contribution in [0.25, 0.3) is 0 Å². The average Bonchev–Trinajstić information content (AvgIpc) is 2.81. The molecule has 0 radical (unpaired) electrons. The maximum Gasteiger partial charge on any atom is 0.317 e. The van der Waals surface area contributed by atoms with Gasteiger partial charge in [-0.05, 0) is 19.4 Å². The van der Waals surface area contributed by atoms with Crippen molar-refractivity contribution in [1.29, 1.82) is 0 Å². The Balaban J connectivity index is 1.88. The number of nitrogens with zero attached hydrogens (tertiary/aromatic N) is 3. The van der Waals surface area contributed by atoms with Crippen LogP contribution < -0.4 is 5.32 Å². The molecule has 2 rings (SSSR count). The summed E-state index contributed by atoms with van der Waals surface area (Å²) in [5.74, 6) is 0. The predicted molar refractivity (Wildman–Crippen MR) is 71.7 cm³/mol. The van der Waals surface area contributed by atoms with Crippen LogP contribution in [-0.4, -0.2) is 46.0 Å². The molecular formula is C13H22N4O2. The molecule has 2 amide bonds. The van der Waals surface area contributed by atoms with Gasteiger partial charge >= 0.3 is 6.03 Å². The summed E-state index contributed by atoms with van der Waals surface area (Å²) >= 11 is 0. The van der Waals surface area contributed by atoms with E-state index in [-0.39, 0.29) is 11.6 Å². The van der Waals surface area contributed by atoms with Gasteiger partial charge in [-0.15, -0.1) is 0 Å². The SMILES string of the molecule is CC[C@]1(C)CN(C(=O)NCc2ccnn2C)CCO1. The molecule has 1 aromatic heterocycles. The molecule has 1 aromatic rings. The van der Waals surface area contributed by atoms with Gasteiger partial charge in [0.25, 0.3) is 0 Å². The normalized spacial score (nSPS) is 23.4. The number of hydrogen-bond acceptors (Lipinski definition) is 3. The van der Waals surface area contributed by atoms with Crippen LogP contribution in [0.1, 0.15) is 26.0 Å². The lowest BCUT2D eigenvalue weighted by atomic mass is 10.0. The number of carbonyl (C=O) groups excluding carboxylic acids is 1. The van der Waals surface area contributed by atoms with Gasteiger partial charge in [-0.3, -0.25) is 4.68 Å². The topological polar surface area (TPSA) is 59.4 Å². The summed E-state index contributed by atoms with van der Waals surface area (Å²) in [5, 5.41) is 7.00. The van der Waals surface area contributed by atoms with E-state index < -0.39 is 0 Å². The predicted octanol–water partition coefficient (Wildman–Crippen LogP) is 1.13. The van der Waals surface area contributed by atoms with Crippen LogP contribution in [-0.2, 0) is 18.3 Å². The van der Waals surface area contributed by atoms with Crippen molar-refractivity contribution in [3.63, 3.8) is 0 Å². The number of aromatic nitrogens is 2. The second kappa shape index (κ2) is 5.61. The van der Waals surface area contributed by atoms with E-state index in [9.17, 15) is 4.79 Å². The summed E-state index contributed by atoms with van der Waals surface area (Å²) in [6.45, 7) is 6.51. The van der Waals surface area contributed by atoms with Gasteiger partial charge in [-0.25, -0.2) is 4.79 Å². The molecule has 0 aliphatic carbocycles. The summed E-state index contributed by atoms with van der Waals surface area (Å²) in [7, 11) is 1.87. The van der Waals surface area contributed by atoms with Crippen molar-refractivity contribution in [2.24, 2.45) is 7.05 Å². The Labute approximate surface area is 113 Å². The molecule has 0 unspecified atom stereocenters. The van der Waals surface area contributed by atoms with Gasteiger partial charge in [0.1, 0.15) is 0 Å². The number of urea groups is 1. The molecule has 1 aliphatic heterocycles. The molecule has 6 heteroatoms. The van der Waals surface area contributed by atoms with Crippen LogP contribution in [0.15, 0.2) is 12.3 Å². The van der Waals surface area contributed by atoms with E-state index >= 15 is 0 Å². The zero-order valence-electron chi connectivity index (χ0n) is 11.8. The van der Waals surface area contributed by atoms with Gasteiger partial charge in [0.2, 0.25) is 0 Å². The minimum Gasteiger partial charge on any atom is -0.372 e. The van der Waals surface area contributed by atoms with Crippen LogP contribution in [0.3, 0.4) is 0 Å². The Morgan fingerprint density at radius 2 is 2.42 bits per heavy atom. The Bertz CT molecular complexity index is 446. The van der Waals surface area contributed by atoms with Crippen molar-refractivity contribution < 1.29 is 9.53 Å². The van der Waals surface area contributed by atoms with Crippen LogP contribution >= 0.6 is 0 Å². The molecule has 1 aliphatic rings. The van der Waals surface area contributed by atoms with Gasteiger partial charge in [0.15, 0.2) is 0 Å². The molecule has 1 atom stereocenters. The van der Waals surface area contributed by atoms with Gasteiger partial charge in [-0.2, -0.15) is 5.10 Å². The molecule has 2 heterocycles. The third-order valence-electron chi connectivity index (χ3n) is 3.72. The number of amides is 2. The fourth-order valence-electron chi connectivity index (χ4n) is 2.17. The Hall–Kier alpha value is -1.56. The maximum absolute atomic E-state index is 12.1. The molecule has 19 heavy (non-hydrogen) atoms. The Morgan fingerprint density at radius 3 is 3.05 bits per heavy atom. The van der Waals surface area contributed by atoms with E-state index in [0.717, 1.165) is 12.1 Å². The number of morpholine rings is 1. The summed E-state index contributed by atoms with van der Waals surface area (Å²) < 4.78 is 7.49. The van der Waals surface area contributed by atoms with Crippen molar-refractivity contribution in [3.05, 3.63) is 18.0 Å². The highest BCUT2D eigenvalue weighted by molar-refractivity contribution is 5.74. The Kier molecular flexibility index (Phi) is 4.09. The molecule has 0 saturated carbocycles. The number of ether oxygens (including phenoxy) is 1. The average molecular weight is 266 g/mol. The molecule has 6 nitrogen and oxygen atoms in total. The van der Waals surface area contributed by atoms with E-state index in [1.165, 1.54) is 0 Å². The zero-order valence-corrected chi connectivity index (χ0v) is 11.8. The largest absolute Gasteiger partial charge is 0.372 e. The lowest BCUT2D eigenvalue weighted by Crippen LogP contribution is -2.54. The van der Waals surface area contributed by atoms with Crippen LogP contribution in [0.2, 0.25) is 0 Å². The van der Waals surface area contributed by atoms with Crippen LogP contribution in [0.5, 0.6) is 0 Å². The smallest absolute Gasteiger partial charge is 0.317 e. The molecule has 1 saturated heterocycles. The highest BCUT2D eigenvalue weighted by Gasteiger charge is 2.32. The summed E-state index contributed by atoms with van der Waals surface area (Å²) in [4.78, 5) is 14.0. The number of aryl methyl sites for hydroxylation is 1. The van der Waals surface area contributed by atoms with Crippen molar-refractivity contribution in [2.45, 2.75) is 32.4 Å². The van der Waals surface area contributed by atoms with E-state index in [1.54, 1.807) is 10.9 Å². The first-order valence-electron chi connectivity index (χ1n) is 6.68. The number of rotatable bonds is 3. The lowest BCUT2D eigenvalue weighted by Gasteiger charge is -2.39. The fourth-order valence-corrected chi connectivity index (χ4v) is 2.17. The highest BCUT2D eigenvalue weighted by atomic mass is 16.5. The molecule has 106 valence electrons. The third-order valence-corrected chi connectivity index (χ3v) is 3.72. The fraction of sp³-hybridized carbons (Fsp3) is 0.692. The quantitative estimate of drug-likeness (QED) is 0.892. The molecule has 0 bridgehead atoms. The first kappa shape index (κ1) is 13.9. The van der Waals surface area contributed by atoms with E-state index in [0.29, 0.717) is 26.2 Å². The summed E-state index contributed by atoms with van der Waals surface area (Å²) in [6.07, 6.45) is 2.63. The minimum atomic E-state index is -0.220. The van der Waals surface area contributed by atoms with Crippen molar-refractivity contribution in [2.75, 3.05) is 19.7 Å². The van der Waals surface area contributed by atoms with Crippen molar-refractivity contribution in [3.8, 4) is 0 Å². The molecule has 0 aromatic carbocycles. The number of hydrogen-bond donors (Lipinski definition) is 1. The summed E-state index contributed by atoms with van der Waals surface area (Å²) in [6, 6.07) is 1.86. The van der Waals surface area contributed by atoms with E-state index in [4.69, 9.17) is 4.74 Å². The molecule has 0 spiro atoms. The standard InChI is InChI=1S/C13H22N4O2/c1-4-13(2)10-17(7-8-19-13)12(18)14-9-11-5-6-15-16(11)3/h5-6H,4,7-10H2,1-3H3,(H,14,18)/t13-/m1/s1. The molecule has 1 fully saturated rings. The number of carbonyl (C=O) groups is 1. The zero-order chi connectivity index (χ0) is 13.9. The van der Waals surface area contributed by atoms with Gasteiger partial charge in [0.05, 0.1) is 31.0 Å². The lowest BCUT2D eigenvalue weighted by molar-refractivity contribution is -0.0872. The molecule has 1 N–H and O–H groups in total. The third kappa shape index (κ3) is 3.26. The monoisotopic (exact) mass is 266 g/mol. The van der Waals surface area contributed by atoms with Crippen molar-refractivity contribution >= 4 is 6.03 Å². The van der Waals surface area contributed by atoms with Crippen LogP contribution in [0.4, 0.5) is 4.79 Å². The highest BCUT2D eigenvalue weighted by Crippen LogP contribution is 2.20. The second-order valence-corrected chi connectivity index (χ2v) is 5.18. The first-order valence-corrected chi connectivity index (χ1v) is 6.68. The minimum absolute atomic E-state index is 0.0378. The van der Waals surface area contributed by atoms with E-state index in [2.05, 4.69) is 17.3 Å². The van der Waals surface area contributed by atoms with E-state index in [1.807, 2.05) is 24.9 Å². The van der Waals surface area contributed by atoms with Gasteiger partial charge < -0.3 is 15.0 Å². The number of nitrogens with one attached hydrogen (secondary N) is 1. The summed E-state index contributed by atoms with van der Waals surface area (Å²) in [5.41, 5.74) is 0.766. The first-order chi connectivity index (χ1) is 9.04. The van der Waals surface area contributed by atoms with Crippen LogP contribution in [0, 0.1) is 0 Å². The maximum atomic E-state index is 12.1. The second-order valence-electron chi connectivity index (χ2n) is 5.18. The Morgan fingerprint density at radius 1 is 1.63 bits per heavy atom.